The van der Waals surface area contributed by atoms with Crippen molar-refractivity contribution in [2.75, 3.05) is 5.32 Å². The third-order valence-corrected chi connectivity index (χ3v) is 5.48. The van der Waals surface area contributed by atoms with E-state index >= 15 is 0 Å². The lowest BCUT2D eigenvalue weighted by Gasteiger charge is -2.29. The molecule has 26 heavy (non-hydrogen) atoms. The van der Waals surface area contributed by atoms with Crippen LogP contribution >= 0.6 is 0 Å². The van der Waals surface area contributed by atoms with Crippen LogP contribution in [0.1, 0.15) is 61.1 Å². The lowest BCUT2D eigenvalue weighted by atomic mass is 10.0. The van der Waals surface area contributed by atoms with Gasteiger partial charge in [0.15, 0.2) is 0 Å². The summed E-state index contributed by atoms with van der Waals surface area (Å²) >= 11 is 0. The van der Waals surface area contributed by atoms with Crippen LogP contribution in [0.15, 0.2) is 30.6 Å². The molecule has 0 aromatic carbocycles. The average molecular weight is 349 g/mol. The van der Waals surface area contributed by atoms with E-state index in [2.05, 4.69) is 26.3 Å². The van der Waals surface area contributed by atoms with Gasteiger partial charge >= 0.3 is 0 Å². The zero-order valence-electron chi connectivity index (χ0n) is 14.9. The highest BCUT2D eigenvalue weighted by atomic mass is 16.2. The second kappa shape index (κ2) is 6.04. The molecular formula is C20H23N5O. The number of carbonyl (C=O) groups is 1. The fourth-order valence-corrected chi connectivity index (χ4v) is 3.99. The summed E-state index contributed by atoms with van der Waals surface area (Å²) in [6.45, 7) is 2.01. The molecule has 3 heterocycles. The van der Waals surface area contributed by atoms with E-state index in [0.717, 1.165) is 35.7 Å². The Balaban J connectivity index is 1.46. The molecule has 1 saturated heterocycles. The van der Waals surface area contributed by atoms with Crippen LogP contribution in [0.5, 0.6) is 0 Å². The summed E-state index contributed by atoms with van der Waals surface area (Å²) in [7, 11) is 0. The second-order valence-electron chi connectivity index (χ2n) is 7.75. The van der Waals surface area contributed by atoms with E-state index in [9.17, 15) is 4.79 Å². The maximum Gasteiger partial charge on any atom is 0.225 e. The number of nitrogens with one attached hydrogen (secondary N) is 1. The summed E-state index contributed by atoms with van der Waals surface area (Å²) in [5, 5.41) is 3.55. The molecule has 2 aromatic rings. The predicted molar refractivity (Wildman–Crippen MR) is 97.6 cm³/mol. The SMILES string of the molecule is Cc1cc(N[C@@H]2CC(=O)N(C3CC3)[C@H]2c2cccnc2)nc(C2CC2)n1. The Morgan fingerprint density at radius 1 is 1.19 bits per heavy atom. The zero-order valence-corrected chi connectivity index (χ0v) is 14.9. The van der Waals surface area contributed by atoms with Gasteiger partial charge in [-0.25, -0.2) is 9.97 Å². The Hall–Kier alpha value is -2.50. The van der Waals surface area contributed by atoms with Gasteiger partial charge in [0.1, 0.15) is 11.6 Å². The molecule has 0 spiro atoms. The number of amides is 1. The number of nitrogens with zero attached hydrogens (tertiary/aromatic N) is 4. The van der Waals surface area contributed by atoms with Crippen molar-refractivity contribution in [1.82, 2.24) is 19.9 Å². The van der Waals surface area contributed by atoms with Gasteiger partial charge in [-0.2, -0.15) is 0 Å². The van der Waals surface area contributed by atoms with Crippen molar-refractivity contribution in [1.29, 1.82) is 0 Å². The molecule has 0 bridgehead atoms. The summed E-state index contributed by atoms with van der Waals surface area (Å²) in [5.74, 6) is 2.52. The lowest BCUT2D eigenvalue weighted by Crippen LogP contribution is -2.34. The first-order valence-electron chi connectivity index (χ1n) is 9.52. The molecule has 3 fully saturated rings. The molecular weight excluding hydrogens is 326 g/mol. The largest absolute Gasteiger partial charge is 0.364 e. The van der Waals surface area contributed by atoms with Crippen LogP contribution in [0, 0.1) is 6.92 Å². The molecule has 2 aliphatic carbocycles. The number of hydrogen-bond donors (Lipinski definition) is 1. The van der Waals surface area contributed by atoms with Crippen LogP contribution in [-0.2, 0) is 4.79 Å². The average Bonchev–Trinajstić information content (AvgIpc) is 3.53. The van der Waals surface area contributed by atoms with Gasteiger partial charge in [-0.05, 0) is 44.2 Å². The van der Waals surface area contributed by atoms with Gasteiger partial charge in [0.05, 0.1) is 12.1 Å². The van der Waals surface area contributed by atoms with Gasteiger partial charge in [0, 0.05) is 42.5 Å². The van der Waals surface area contributed by atoms with Crippen LogP contribution in [0.4, 0.5) is 5.82 Å². The maximum atomic E-state index is 12.7. The maximum absolute atomic E-state index is 12.7. The third-order valence-electron chi connectivity index (χ3n) is 5.48. The van der Waals surface area contributed by atoms with Gasteiger partial charge in [-0.15, -0.1) is 0 Å². The second-order valence-corrected chi connectivity index (χ2v) is 7.75. The minimum Gasteiger partial charge on any atom is -0.364 e. The quantitative estimate of drug-likeness (QED) is 0.898. The van der Waals surface area contributed by atoms with E-state index in [-0.39, 0.29) is 18.0 Å². The number of anilines is 1. The van der Waals surface area contributed by atoms with Crippen LogP contribution in [0.3, 0.4) is 0 Å². The lowest BCUT2D eigenvalue weighted by molar-refractivity contribution is -0.129. The Morgan fingerprint density at radius 2 is 2.04 bits per heavy atom. The van der Waals surface area contributed by atoms with Crippen molar-refractivity contribution in [3.8, 4) is 0 Å². The smallest absolute Gasteiger partial charge is 0.225 e. The standard InChI is InChI=1S/C20H23N5O/c1-12-9-17(24-20(22-12)13-4-5-13)23-16-10-18(26)25(15-6-7-15)19(16)14-3-2-8-21-11-14/h2-3,8-9,11,13,15-16,19H,4-7,10H2,1H3,(H,22,23,24)/t16-,19+/m1/s1. The Kier molecular flexibility index (Phi) is 3.65. The molecule has 6 heteroatoms. The highest BCUT2D eigenvalue weighted by molar-refractivity contribution is 5.82. The van der Waals surface area contributed by atoms with E-state index in [1.807, 2.05) is 25.3 Å². The van der Waals surface area contributed by atoms with E-state index in [4.69, 9.17) is 4.98 Å². The molecule has 3 aliphatic rings. The molecule has 0 radical (unpaired) electrons. The van der Waals surface area contributed by atoms with Crippen molar-refractivity contribution >= 4 is 11.7 Å². The molecule has 1 aliphatic heterocycles. The number of carbonyl (C=O) groups excluding carboxylic acids is 1. The van der Waals surface area contributed by atoms with E-state index in [1.165, 1.54) is 12.8 Å². The van der Waals surface area contributed by atoms with Gasteiger partial charge in [0.2, 0.25) is 5.91 Å². The monoisotopic (exact) mass is 349 g/mol. The molecule has 2 saturated carbocycles. The Bertz CT molecular complexity index is 831. The van der Waals surface area contributed by atoms with Crippen LogP contribution in [0.25, 0.3) is 0 Å². The summed E-state index contributed by atoms with van der Waals surface area (Å²) in [6.07, 6.45) is 8.73. The predicted octanol–water partition coefficient (Wildman–Crippen LogP) is 2.97. The Morgan fingerprint density at radius 3 is 2.73 bits per heavy atom. The van der Waals surface area contributed by atoms with Crippen molar-refractivity contribution < 1.29 is 4.79 Å². The number of aryl methyl sites for hydroxylation is 1. The summed E-state index contributed by atoms with van der Waals surface area (Å²) < 4.78 is 0. The number of hydrogen-bond acceptors (Lipinski definition) is 5. The van der Waals surface area contributed by atoms with Gasteiger partial charge in [0.25, 0.3) is 0 Å². The van der Waals surface area contributed by atoms with Crippen LogP contribution in [-0.4, -0.2) is 37.8 Å². The topological polar surface area (TPSA) is 71.0 Å². The number of aromatic nitrogens is 3. The van der Waals surface area contributed by atoms with Crippen molar-refractivity contribution in [2.24, 2.45) is 0 Å². The summed E-state index contributed by atoms with van der Waals surface area (Å²) in [6, 6.07) is 6.41. The fraction of sp³-hybridized carbons (Fsp3) is 0.500. The van der Waals surface area contributed by atoms with Crippen molar-refractivity contribution in [2.45, 2.75) is 63.1 Å². The van der Waals surface area contributed by atoms with E-state index in [0.29, 0.717) is 18.4 Å². The highest BCUT2D eigenvalue weighted by Gasteiger charge is 2.47. The number of rotatable bonds is 5. The number of pyridine rings is 1. The van der Waals surface area contributed by atoms with Crippen LogP contribution < -0.4 is 5.32 Å². The minimum absolute atomic E-state index is 0.00801. The molecule has 1 N–H and O–H groups in total. The zero-order chi connectivity index (χ0) is 17.7. The fourth-order valence-electron chi connectivity index (χ4n) is 3.99. The van der Waals surface area contributed by atoms with Crippen LogP contribution in [0.2, 0.25) is 0 Å². The molecule has 2 aromatic heterocycles. The number of likely N-dealkylation sites (tertiary alicyclic amines) is 1. The molecule has 2 atom stereocenters. The Labute approximate surface area is 153 Å². The van der Waals surface area contributed by atoms with Gasteiger partial charge < -0.3 is 10.2 Å². The normalized spacial score (nSPS) is 25.6. The van der Waals surface area contributed by atoms with Gasteiger partial charge in [-0.3, -0.25) is 9.78 Å². The third kappa shape index (κ3) is 2.93. The molecule has 0 unspecified atom stereocenters. The molecule has 134 valence electrons. The first kappa shape index (κ1) is 15.7. The van der Waals surface area contributed by atoms with Crippen molar-refractivity contribution in [3.05, 3.63) is 47.7 Å². The summed E-state index contributed by atoms with van der Waals surface area (Å²) in [4.78, 5) is 28.4. The van der Waals surface area contributed by atoms with Crippen molar-refractivity contribution in [3.63, 3.8) is 0 Å². The minimum atomic E-state index is 0.00801. The molecule has 5 rings (SSSR count). The molecule has 1 amide bonds. The highest BCUT2D eigenvalue weighted by Crippen LogP contribution is 2.43. The summed E-state index contributed by atoms with van der Waals surface area (Å²) in [5.41, 5.74) is 2.07. The first-order chi connectivity index (χ1) is 12.7. The van der Waals surface area contributed by atoms with Gasteiger partial charge in [-0.1, -0.05) is 6.07 Å². The van der Waals surface area contributed by atoms with E-state index in [1.54, 1.807) is 6.20 Å². The van der Waals surface area contributed by atoms with E-state index < -0.39 is 0 Å². The first-order valence-corrected chi connectivity index (χ1v) is 9.52. The molecule has 6 nitrogen and oxygen atoms in total.